The molecule has 3 rings (SSSR count). The van der Waals surface area contributed by atoms with Gasteiger partial charge in [0.15, 0.2) is 0 Å². The predicted molar refractivity (Wildman–Crippen MR) is 130 cm³/mol. The molecule has 9 heteroatoms. The van der Waals surface area contributed by atoms with E-state index in [0.29, 0.717) is 23.7 Å². The van der Waals surface area contributed by atoms with Gasteiger partial charge in [0, 0.05) is 0 Å². The average Bonchev–Trinajstić information content (AvgIpc) is 3.26. The summed E-state index contributed by atoms with van der Waals surface area (Å²) in [5.74, 6) is -0.329. The Kier molecular flexibility index (Phi) is 7.56. The van der Waals surface area contributed by atoms with E-state index in [4.69, 9.17) is 10.6 Å². The zero-order chi connectivity index (χ0) is 22.2. The first-order valence-electron chi connectivity index (χ1n) is 9.98. The van der Waals surface area contributed by atoms with E-state index in [0.717, 1.165) is 23.2 Å². The Bertz CT molecular complexity index is 1040. The van der Waals surface area contributed by atoms with E-state index >= 15 is 0 Å². The second kappa shape index (κ2) is 10.5. The predicted octanol–water partition coefficient (Wildman–Crippen LogP) is 3.41. The number of allylic oxidation sites excluding steroid dienone is 3. The Hall–Kier alpha value is -3.45. The molecule has 0 radical (unpaired) electrons. The van der Waals surface area contributed by atoms with Crippen molar-refractivity contribution in [3.63, 3.8) is 0 Å². The van der Waals surface area contributed by atoms with E-state index < -0.39 is 0 Å². The van der Waals surface area contributed by atoms with Gasteiger partial charge in [0.1, 0.15) is 0 Å². The molecule has 7 nitrogen and oxygen atoms in total. The number of hydrogen-bond acceptors (Lipinski definition) is 6. The number of nitrogens with one attached hydrogen (secondary N) is 2. The molecule has 31 heavy (non-hydrogen) atoms. The molecule has 1 fully saturated rings. The van der Waals surface area contributed by atoms with Gasteiger partial charge in [0.25, 0.3) is 0 Å². The van der Waals surface area contributed by atoms with Gasteiger partial charge in [0.2, 0.25) is 0 Å². The van der Waals surface area contributed by atoms with Crippen LogP contribution in [0.25, 0.3) is 0 Å². The summed E-state index contributed by atoms with van der Waals surface area (Å²) in [6.45, 7) is 14.0. The number of anilines is 5. The third-order valence-electron chi connectivity index (χ3n) is 4.71. The number of hydroxylamine groups is 1. The molecule has 0 bridgehead atoms. The molecule has 4 N–H and O–H groups in total. The molecule has 1 aromatic carbocycles. The van der Waals surface area contributed by atoms with Gasteiger partial charge >= 0.3 is 183 Å². The molecule has 1 aromatic heterocycles. The Morgan fingerprint density at radius 1 is 1.42 bits per heavy atom. The zero-order valence-corrected chi connectivity index (χ0v) is 17.5. The molecule has 1 amide bonds. The first-order valence-corrected chi connectivity index (χ1v) is 9.98. The summed E-state index contributed by atoms with van der Waals surface area (Å²) in [6, 6.07) is 5.32. The van der Waals surface area contributed by atoms with Crippen LogP contribution in [0.1, 0.15) is 13.3 Å². The van der Waals surface area contributed by atoms with Gasteiger partial charge in [0.05, 0.1) is 0 Å². The second-order valence-electron chi connectivity index (χ2n) is 6.94. The maximum atomic E-state index is 11.6. The fraction of sp³-hybridized carbons (Fsp3) is 0.182. The molecule has 1 atom stereocenters. The average molecular weight is 413 g/mol. The van der Waals surface area contributed by atoms with E-state index in [9.17, 15) is 4.79 Å². The molecule has 0 aliphatic carbocycles. The minimum absolute atomic E-state index is 0.0500. The minimum atomic E-state index is -0.329. The zero-order valence-electron chi connectivity index (χ0n) is 17.5. The SMILES string of the molecule is C=CC(=O)Nc1cc(Nc2bc(N3OCCC3C(=C)/C=C\C=C/C)bcn2)ccc1N. The first kappa shape index (κ1) is 22.2. The third-order valence-corrected chi connectivity index (χ3v) is 4.71. The first-order chi connectivity index (χ1) is 15.0. The van der Waals surface area contributed by atoms with Crippen LogP contribution < -0.4 is 21.4 Å². The number of nitrogens with zero attached hydrogens (tertiary/aromatic N) is 2. The standard InChI is InChI=1S/C22H25B2N5O2/c1-4-6-7-8-15(3)19-11-12-31-29(19)21-23-14-26-22(24-21)27-16-9-10-17(25)18(13-16)28-20(30)5-2/h4-10,13-14,19H,2-3,11-12,25H2,1H3,(H,26,27)(H,28,30)/b6-4-,8-7-. The number of carbonyl (C=O) groups excluding carboxylic acids is 1. The van der Waals surface area contributed by atoms with Gasteiger partial charge in [-0.15, -0.1) is 0 Å². The molecular formula is C22H25B2N5O2. The number of hydrogen-bond donors (Lipinski definition) is 3. The summed E-state index contributed by atoms with van der Waals surface area (Å²) in [6.07, 6.45) is 11.7. The van der Waals surface area contributed by atoms with Crippen LogP contribution in [-0.2, 0) is 9.63 Å². The molecule has 0 spiro atoms. The van der Waals surface area contributed by atoms with E-state index in [1.165, 1.54) is 6.08 Å². The fourth-order valence-corrected chi connectivity index (χ4v) is 3.16. The fourth-order valence-electron chi connectivity index (χ4n) is 3.16. The van der Waals surface area contributed by atoms with Gasteiger partial charge in [-0.05, 0) is 0 Å². The normalized spacial score (nSPS) is 15.8. The summed E-state index contributed by atoms with van der Waals surface area (Å²) in [5.41, 5.74) is 10.1. The van der Waals surface area contributed by atoms with Crippen LogP contribution in [0.2, 0.25) is 0 Å². The van der Waals surface area contributed by atoms with Crippen LogP contribution in [-0.4, -0.2) is 37.4 Å². The van der Waals surface area contributed by atoms with Crippen molar-refractivity contribution in [2.45, 2.75) is 19.4 Å². The molecule has 2 heterocycles. The van der Waals surface area contributed by atoms with Crippen LogP contribution >= 0.6 is 0 Å². The maximum absolute atomic E-state index is 11.6. The van der Waals surface area contributed by atoms with Crippen molar-refractivity contribution in [1.82, 2.24) is 4.98 Å². The van der Waals surface area contributed by atoms with Crippen molar-refractivity contribution in [2.24, 2.45) is 0 Å². The van der Waals surface area contributed by atoms with Gasteiger partial charge in [-0.2, -0.15) is 0 Å². The molecule has 156 valence electrons. The van der Waals surface area contributed by atoms with Crippen molar-refractivity contribution >= 4 is 48.0 Å². The molecule has 2 aromatic rings. The Morgan fingerprint density at radius 2 is 2.26 bits per heavy atom. The van der Waals surface area contributed by atoms with Crippen molar-refractivity contribution in [3.05, 3.63) is 73.4 Å². The summed E-state index contributed by atoms with van der Waals surface area (Å²) >= 11 is 0. The van der Waals surface area contributed by atoms with Crippen molar-refractivity contribution in [2.75, 3.05) is 28.0 Å². The number of aromatic nitrogens is 1. The van der Waals surface area contributed by atoms with Crippen LogP contribution in [0, 0.1) is 0 Å². The van der Waals surface area contributed by atoms with Gasteiger partial charge in [-0.3, -0.25) is 0 Å². The number of nitrogens with two attached hydrogens (primary N) is 1. The van der Waals surface area contributed by atoms with Gasteiger partial charge in [-0.25, -0.2) is 0 Å². The second-order valence-corrected chi connectivity index (χ2v) is 6.94. The van der Waals surface area contributed by atoms with E-state index in [1.54, 1.807) is 18.2 Å². The van der Waals surface area contributed by atoms with Crippen LogP contribution in [0.3, 0.4) is 0 Å². The molecule has 1 unspecified atom stereocenters. The van der Waals surface area contributed by atoms with Crippen molar-refractivity contribution in [1.29, 1.82) is 0 Å². The summed E-state index contributed by atoms with van der Waals surface area (Å²) in [4.78, 5) is 21.9. The Balaban J connectivity index is 1.77. The monoisotopic (exact) mass is 413 g/mol. The number of nitrogen functional groups attached to an aromatic ring is 1. The molecule has 1 saturated heterocycles. The summed E-state index contributed by atoms with van der Waals surface area (Å²) in [5, 5.41) is 7.80. The Labute approximate surface area is 183 Å². The van der Waals surface area contributed by atoms with Gasteiger partial charge in [-0.1, -0.05) is 0 Å². The van der Waals surface area contributed by atoms with E-state index in [2.05, 4.69) is 28.8 Å². The van der Waals surface area contributed by atoms with Crippen LogP contribution in [0.4, 0.5) is 28.3 Å². The Morgan fingerprint density at radius 3 is 3.03 bits per heavy atom. The number of carbonyl (C=O) groups is 1. The quantitative estimate of drug-likeness (QED) is 0.349. The summed E-state index contributed by atoms with van der Waals surface area (Å²) in [7, 11) is 0. The van der Waals surface area contributed by atoms with Crippen molar-refractivity contribution < 1.29 is 9.63 Å². The molecular weight excluding hydrogens is 388 g/mol. The number of benzene rings is 1. The molecule has 1 aliphatic rings. The van der Waals surface area contributed by atoms with E-state index in [-0.39, 0.29) is 11.9 Å². The topological polar surface area (TPSA) is 92.5 Å². The van der Waals surface area contributed by atoms with Crippen LogP contribution in [0.15, 0.2) is 73.4 Å². The van der Waals surface area contributed by atoms with E-state index in [1.807, 2.05) is 56.2 Å². The molecule has 0 saturated carbocycles. The van der Waals surface area contributed by atoms with Crippen molar-refractivity contribution in [3.8, 4) is 0 Å². The van der Waals surface area contributed by atoms with Crippen LogP contribution in [0.5, 0.6) is 0 Å². The third kappa shape index (κ3) is 5.79. The molecule has 1 aliphatic heterocycles. The number of amides is 1. The van der Waals surface area contributed by atoms with Gasteiger partial charge < -0.3 is 0 Å². The number of rotatable bonds is 8. The summed E-state index contributed by atoms with van der Waals surface area (Å²) < 4.78 is 0.